The molecule has 0 saturated carbocycles. The van der Waals surface area contributed by atoms with E-state index in [1.54, 1.807) is 6.20 Å². The zero-order valence-electron chi connectivity index (χ0n) is 12.2. The van der Waals surface area contributed by atoms with Crippen LogP contribution in [0.3, 0.4) is 0 Å². The molecule has 0 aromatic carbocycles. The highest BCUT2D eigenvalue weighted by Gasteiger charge is 2.20. The maximum Gasteiger partial charge on any atom is 0.137 e. The summed E-state index contributed by atoms with van der Waals surface area (Å²) in [4.78, 5) is 4.27. The molecule has 0 aliphatic carbocycles. The average molecular weight is 295 g/mol. The molecule has 0 bridgehead atoms. The van der Waals surface area contributed by atoms with Gasteiger partial charge in [0, 0.05) is 12.2 Å². The van der Waals surface area contributed by atoms with E-state index in [1.807, 2.05) is 6.20 Å². The van der Waals surface area contributed by atoms with Crippen LogP contribution in [0, 0.1) is 5.92 Å². The number of nitrogens with zero attached hydrogens (tertiary/aromatic N) is 1. The molecule has 1 saturated heterocycles. The van der Waals surface area contributed by atoms with Gasteiger partial charge in [-0.15, -0.1) is 0 Å². The van der Waals surface area contributed by atoms with E-state index >= 15 is 0 Å². The molecule has 1 aliphatic rings. The van der Waals surface area contributed by atoms with Gasteiger partial charge in [-0.2, -0.15) is 11.8 Å². The summed E-state index contributed by atoms with van der Waals surface area (Å²) in [5.41, 5.74) is 4.07. The third kappa shape index (κ3) is 4.65. The van der Waals surface area contributed by atoms with Crippen molar-refractivity contribution in [1.29, 1.82) is 0 Å². The number of hydrogen-bond donors (Lipinski definition) is 2. The molecule has 1 fully saturated rings. The Labute approximate surface area is 125 Å². The first-order valence-electron chi connectivity index (χ1n) is 7.45. The second-order valence-corrected chi connectivity index (χ2v) is 6.54. The summed E-state index contributed by atoms with van der Waals surface area (Å²) in [6, 6.07) is 2.23. The van der Waals surface area contributed by atoms with E-state index in [0.717, 1.165) is 36.7 Å². The van der Waals surface area contributed by atoms with E-state index in [-0.39, 0.29) is 6.04 Å². The standard InChI is InChI=1S/C15H25N3OS/c1-2-5-19-14-9-13(10-17-11-14)15(18-16)8-12-3-6-20-7-4-12/h9-12,15,18H,2-8,16H2,1H3. The van der Waals surface area contributed by atoms with Gasteiger partial charge in [-0.3, -0.25) is 16.3 Å². The van der Waals surface area contributed by atoms with Gasteiger partial charge in [0.2, 0.25) is 0 Å². The highest BCUT2D eigenvalue weighted by atomic mass is 32.2. The van der Waals surface area contributed by atoms with Crippen LogP contribution in [0.4, 0.5) is 0 Å². The third-order valence-electron chi connectivity index (χ3n) is 3.72. The Morgan fingerprint density at radius 3 is 2.95 bits per heavy atom. The normalized spacial score (nSPS) is 17.9. The van der Waals surface area contributed by atoms with Crippen molar-refractivity contribution < 1.29 is 4.74 Å². The summed E-state index contributed by atoms with van der Waals surface area (Å²) in [5, 5.41) is 0. The molecule has 3 N–H and O–H groups in total. The number of rotatable bonds is 7. The molecule has 0 amide bonds. The largest absolute Gasteiger partial charge is 0.492 e. The lowest BCUT2D eigenvalue weighted by Crippen LogP contribution is -2.30. The van der Waals surface area contributed by atoms with Crippen LogP contribution in [0.1, 0.15) is 44.2 Å². The van der Waals surface area contributed by atoms with Crippen LogP contribution in [0.25, 0.3) is 0 Å². The first-order valence-corrected chi connectivity index (χ1v) is 8.60. The van der Waals surface area contributed by atoms with E-state index < -0.39 is 0 Å². The van der Waals surface area contributed by atoms with Crippen LogP contribution < -0.4 is 16.0 Å². The fraction of sp³-hybridized carbons (Fsp3) is 0.667. The van der Waals surface area contributed by atoms with Crippen molar-refractivity contribution in [3.8, 4) is 5.75 Å². The molecular formula is C15H25N3OS. The second kappa shape index (κ2) is 8.49. The minimum absolute atomic E-state index is 0.167. The van der Waals surface area contributed by atoms with E-state index in [4.69, 9.17) is 10.6 Å². The highest BCUT2D eigenvalue weighted by molar-refractivity contribution is 7.99. The van der Waals surface area contributed by atoms with Crippen molar-refractivity contribution in [3.05, 3.63) is 24.0 Å². The van der Waals surface area contributed by atoms with Crippen molar-refractivity contribution in [3.63, 3.8) is 0 Å². The van der Waals surface area contributed by atoms with Crippen LogP contribution in [-0.4, -0.2) is 23.1 Å². The zero-order valence-corrected chi connectivity index (χ0v) is 13.0. The second-order valence-electron chi connectivity index (χ2n) is 5.31. The Morgan fingerprint density at radius 1 is 1.45 bits per heavy atom. The van der Waals surface area contributed by atoms with E-state index in [0.29, 0.717) is 0 Å². The smallest absolute Gasteiger partial charge is 0.137 e. The Bertz CT molecular complexity index is 396. The number of hydrazine groups is 1. The van der Waals surface area contributed by atoms with Gasteiger partial charge in [-0.05, 0) is 54.7 Å². The number of nitrogens with one attached hydrogen (secondary N) is 1. The van der Waals surface area contributed by atoms with Crippen molar-refractivity contribution in [2.75, 3.05) is 18.1 Å². The van der Waals surface area contributed by atoms with Crippen molar-refractivity contribution in [1.82, 2.24) is 10.4 Å². The van der Waals surface area contributed by atoms with Crippen molar-refractivity contribution >= 4 is 11.8 Å². The lowest BCUT2D eigenvalue weighted by molar-refractivity contribution is 0.314. The summed E-state index contributed by atoms with van der Waals surface area (Å²) in [6.45, 7) is 2.83. The maximum atomic E-state index is 5.75. The van der Waals surface area contributed by atoms with Gasteiger partial charge in [0.1, 0.15) is 5.75 Å². The van der Waals surface area contributed by atoms with Gasteiger partial charge in [0.05, 0.1) is 12.8 Å². The molecule has 1 atom stereocenters. The minimum atomic E-state index is 0.167. The van der Waals surface area contributed by atoms with Gasteiger partial charge in [-0.25, -0.2) is 0 Å². The molecule has 112 valence electrons. The first-order chi connectivity index (χ1) is 9.83. The van der Waals surface area contributed by atoms with Crippen LogP contribution >= 0.6 is 11.8 Å². The summed E-state index contributed by atoms with van der Waals surface area (Å²) in [5.74, 6) is 9.90. The molecule has 20 heavy (non-hydrogen) atoms. The Hall–Kier alpha value is -0.780. The zero-order chi connectivity index (χ0) is 14.2. The van der Waals surface area contributed by atoms with Gasteiger partial charge in [-0.1, -0.05) is 6.92 Å². The minimum Gasteiger partial charge on any atom is -0.492 e. The molecule has 0 radical (unpaired) electrons. The lowest BCUT2D eigenvalue weighted by atomic mass is 9.91. The molecule has 4 nitrogen and oxygen atoms in total. The fourth-order valence-electron chi connectivity index (χ4n) is 2.54. The number of hydrogen-bond acceptors (Lipinski definition) is 5. The molecule has 1 aliphatic heterocycles. The molecule has 0 spiro atoms. The predicted molar refractivity (Wildman–Crippen MR) is 84.8 cm³/mol. The Balaban J connectivity index is 1.98. The fourth-order valence-corrected chi connectivity index (χ4v) is 3.74. The van der Waals surface area contributed by atoms with Crippen LogP contribution in [0.15, 0.2) is 18.5 Å². The number of ether oxygens (including phenoxy) is 1. The molecule has 5 heteroatoms. The number of pyridine rings is 1. The topological polar surface area (TPSA) is 60.2 Å². The predicted octanol–water partition coefficient (Wildman–Crippen LogP) is 2.91. The number of nitrogens with two attached hydrogens (primary N) is 1. The van der Waals surface area contributed by atoms with Gasteiger partial charge >= 0.3 is 0 Å². The quantitative estimate of drug-likeness (QED) is 0.598. The Morgan fingerprint density at radius 2 is 2.25 bits per heavy atom. The highest BCUT2D eigenvalue weighted by Crippen LogP contribution is 2.31. The van der Waals surface area contributed by atoms with E-state index in [1.165, 1.54) is 24.3 Å². The summed E-state index contributed by atoms with van der Waals surface area (Å²) in [6.07, 6.45) is 8.33. The molecule has 2 heterocycles. The van der Waals surface area contributed by atoms with E-state index in [9.17, 15) is 0 Å². The number of thioether (sulfide) groups is 1. The van der Waals surface area contributed by atoms with Crippen molar-refractivity contribution in [2.45, 2.75) is 38.6 Å². The molecule has 1 aromatic rings. The van der Waals surface area contributed by atoms with Crippen LogP contribution in [0.5, 0.6) is 5.75 Å². The van der Waals surface area contributed by atoms with Crippen LogP contribution in [0.2, 0.25) is 0 Å². The lowest BCUT2D eigenvalue weighted by Gasteiger charge is -2.26. The summed E-state index contributed by atoms with van der Waals surface area (Å²) < 4.78 is 5.65. The molecule has 1 aromatic heterocycles. The van der Waals surface area contributed by atoms with Crippen LogP contribution in [-0.2, 0) is 0 Å². The Kier molecular flexibility index (Phi) is 6.63. The van der Waals surface area contributed by atoms with Gasteiger partial charge in [0.15, 0.2) is 0 Å². The molecular weight excluding hydrogens is 270 g/mol. The SMILES string of the molecule is CCCOc1cncc(C(CC2CCSCC2)NN)c1. The first kappa shape index (κ1) is 15.6. The van der Waals surface area contributed by atoms with Gasteiger partial charge < -0.3 is 4.74 Å². The summed E-state index contributed by atoms with van der Waals surface area (Å²) in [7, 11) is 0. The molecule has 2 rings (SSSR count). The monoisotopic (exact) mass is 295 g/mol. The van der Waals surface area contributed by atoms with Gasteiger partial charge in [0.25, 0.3) is 0 Å². The third-order valence-corrected chi connectivity index (χ3v) is 4.77. The number of aromatic nitrogens is 1. The van der Waals surface area contributed by atoms with Crippen molar-refractivity contribution in [2.24, 2.45) is 11.8 Å². The average Bonchev–Trinajstić information content (AvgIpc) is 2.52. The molecule has 1 unspecified atom stereocenters. The van der Waals surface area contributed by atoms with E-state index in [2.05, 4.69) is 35.2 Å². The maximum absolute atomic E-state index is 5.75. The summed E-state index contributed by atoms with van der Waals surface area (Å²) >= 11 is 2.06.